The number of hydrogen-bond donors (Lipinski definition) is 3. The summed E-state index contributed by atoms with van der Waals surface area (Å²) in [7, 11) is 0. The lowest BCUT2D eigenvalue weighted by Gasteiger charge is -2.11. The summed E-state index contributed by atoms with van der Waals surface area (Å²) >= 11 is 6.06. The first-order valence-electron chi connectivity index (χ1n) is 7.86. The van der Waals surface area contributed by atoms with Crippen LogP contribution in [0.5, 0.6) is 5.75 Å². The lowest BCUT2D eigenvalue weighted by atomic mass is 10.2. The minimum Gasteiger partial charge on any atom is -0.492 e. The lowest BCUT2D eigenvalue weighted by Crippen LogP contribution is -2.26. The first-order chi connectivity index (χ1) is 11.3. The zero-order valence-corrected chi connectivity index (χ0v) is 15.1. The second-order valence-corrected chi connectivity index (χ2v) is 5.77. The van der Waals surface area contributed by atoms with Crippen molar-refractivity contribution in [3.8, 4) is 5.75 Å². The normalized spacial score (nSPS) is 11.2. The van der Waals surface area contributed by atoms with Gasteiger partial charge < -0.3 is 20.3 Å². The fourth-order valence-corrected chi connectivity index (χ4v) is 1.80. The van der Waals surface area contributed by atoms with Gasteiger partial charge in [0.2, 0.25) is 0 Å². The summed E-state index contributed by atoms with van der Waals surface area (Å²) < 4.78 is 5.69. The Balaban J connectivity index is 0.000000754. The molecule has 0 saturated heterocycles. The highest BCUT2D eigenvalue weighted by molar-refractivity contribution is 6.32. The summed E-state index contributed by atoms with van der Waals surface area (Å²) in [6, 6.07) is 6.47. The fraction of sp³-hybridized carbons (Fsp3) is 0.529. The molecular formula is C17H26ClNO5. The SMILES string of the molecule is CCC(C)NCCCCOc1cc(C)ccc1Cl.O=C(O)C(=O)O. The first-order valence-corrected chi connectivity index (χ1v) is 8.24. The number of unbranched alkanes of at least 4 members (excludes halogenated alkanes) is 1. The first kappa shape index (κ1) is 22.2. The molecule has 0 saturated carbocycles. The Labute approximate surface area is 147 Å². The Kier molecular flexibility index (Phi) is 11.7. The molecular weight excluding hydrogens is 334 g/mol. The molecule has 24 heavy (non-hydrogen) atoms. The molecule has 0 aromatic heterocycles. The van der Waals surface area contributed by atoms with Crippen molar-refractivity contribution in [1.82, 2.24) is 5.32 Å². The van der Waals surface area contributed by atoms with Crippen LogP contribution in [0.15, 0.2) is 18.2 Å². The summed E-state index contributed by atoms with van der Waals surface area (Å²) in [6.07, 6.45) is 3.36. The Morgan fingerprint density at radius 2 is 1.88 bits per heavy atom. The van der Waals surface area contributed by atoms with E-state index < -0.39 is 11.9 Å². The lowest BCUT2D eigenvalue weighted by molar-refractivity contribution is -0.159. The summed E-state index contributed by atoms with van der Waals surface area (Å²) in [5.74, 6) is -2.85. The summed E-state index contributed by atoms with van der Waals surface area (Å²) in [5, 5.41) is 18.9. The molecule has 3 N–H and O–H groups in total. The predicted molar refractivity (Wildman–Crippen MR) is 93.9 cm³/mol. The van der Waals surface area contributed by atoms with Gasteiger partial charge in [0.15, 0.2) is 0 Å². The molecule has 7 heteroatoms. The maximum atomic E-state index is 9.10. The van der Waals surface area contributed by atoms with Gasteiger partial charge in [0, 0.05) is 6.04 Å². The van der Waals surface area contributed by atoms with Crippen LogP contribution >= 0.6 is 11.6 Å². The van der Waals surface area contributed by atoms with Crippen LogP contribution in [-0.4, -0.2) is 41.3 Å². The van der Waals surface area contributed by atoms with Gasteiger partial charge in [-0.05, 0) is 57.4 Å². The molecule has 136 valence electrons. The molecule has 0 spiro atoms. The standard InChI is InChI=1S/C15H24ClNO.C2H2O4/c1-4-13(3)17-9-5-6-10-18-15-11-12(2)7-8-14(15)16;3-1(4)2(5)6/h7-8,11,13,17H,4-6,9-10H2,1-3H3;(H,3,4)(H,5,6). The van der Waals surface area contributed by atoms with Crippen LogP contribution in [0, 0.1) is 6.92 Å². The Hall–Kier alpha value is -1.79. The number of rotatable bonds is 8. The quantitative estimate of drug-likeness (QED) is 0.486. The van der Waals surface area contributed by atoms with Crippen molar-refractivity contribution in [2.45, 2.75) is 46.1 Å². The molecule has 0 fully saturated rings. The van der Waals surface area contributed by atoms with Crippen LogP contribution in [-0.2, 0) is 9.59 Å². The molecule has 0 aliphatic carbocycles. The molecule has 0 aliphatic heterocycles. The van der Waals surface area contributed by atoms with Gasteiger partial charge in [-0.2, -0.15) is 0 Å². The highest BCUT2D eigenvalue weighted by Gasteiger charge is 2.04. The minimum absolute atomic E-state index is 0.608. The predicted octanol–water partition coefficient (Wildman–Crippen LogP) is 3.35. The highest BCUT2D eigenvalue weighted by atomic mass is 35.5. The molecule has 0 bridgehead atoms. The van der Waals surface area contributed by atoms with Crippen LogP contribution in [0.25, 0.3) is 0 Å². The van der Waals surface area contributed by atoms with E-state index in [1.165, 1.54) is 12.0 Å². The second-order valence-electron chi connectivity index (χ2n) is 5.36. The van der Waals surface area contributed by atoms with E-state index >= 15 is 0 Å². The maximum Gasteiger partial charge on any atom is 0.414 e. The van der Waals surface area contributed by atoms with Gasteiger partial charge in [-0.25, -0.2) is 9.59 Å². The molecule has 1 aromatic rings. The smallest absolute Gasteiger partial charge is 0.414 e. The van der Waals surface area contributed by atoms with Crippen LogP contribution in [0.3, 0.4) is 0 Å². The molecule has 6 nitrogen and oxygen atoms in total. The van der Waals surface area contributed by atoms with E-state index in [1.807, 2.05) is 25.1 Å². The number of benzene rings is 1. The van der Waals surface area contributed by atoms with E-state index in [0.29, 0.717) is 11.1 Å². The van der Waals surface area contributed by atoms with Crippen molar-refractivity contribution in [1.29, 1.82) is 0 Å². The van der Waals surface area contributed by atoms with Crippen LogP contribution in [0.4, 0.5) is 0 Å². The molecule has 1 rings (SSSR count). The van der Waals surface area contributed by atoms with Crippen molar-refractivity contribution < 1.29 is 24.5 Å². The van der Waals surface area contributed by atoms with Crippen molar-refractivity contribution in [2.75, 3.05) is 13.2 Å². The van der Waals surface area contributed by atoms with Crippen molar-refractivity contribution >= 4 is 23.5 Å². The summed E-state index contributed by atoms with van der Waals surface area (Å²) in [6.45, 7) is 8.23. The average molecular weight is 360 g/mol. The van der Waals surface area contributed by atoms with E-state index in [9.17, 15) is 0 Å². The van der Waals surface area contributed by atoms with E-state index in [1.54, 1.807) is 0 Å². The Bertz CT molecular complexity index is 510. The summed E-state index contributed by atoms with van der Waals surface area (Å²) in [5.41, 5.74) is 1.17. The molecule has 0 amide bonds. The van der Waals surface area contributed by atoms with Gasteiger partial charge in [0.25, 0.3) is 0 Å². The number of ether oxygens (including phenoxy) is 1. The van der Waals surface area contributed by atoms with E-state index in [-0.39, 0.29) is 0 Å². The van der Waals surface area contributed by atoms with Crippen molar-refractivity contribution in [2.24, 2.45) is 0 Å². The molecule has 0 heterocycles. The molecule has 1 aromatic carbocycles. The highest BCUT2D eigenvalue weighted by Crippen LogP contribution is 2.25. The summed E-state index contributed by atoms with van der Waals surface area (Å²) in [4.78, 5) is 18.2. The topological polar surface area (TPSA) is 95.9 Å². The van der Waals surface area contributed by atoms with Crippen molar-refractivity contribution in [3.63, 3.8) is 0 Å². The largest absolute Gasteiger partial charge is 0.492 e. The molecule has 1 unspecified atom stereocenters. The van der Waals surface area contributed by atoms with Gasteiger partial charge in [-0.15, -0.1) is 0 Å². The van der Waals surface area contributed by atoms with Crippen LogP contribution in [0.2, 0.25) is 5.02 Å². The number of aryl methyl sites for hydroxylation is 1. The van der Waals surface area contributed by atoms with Gasteiger partial charge in [0.05, 0.1) is 11.6 Å². The van der Waals surface area contributed by atoms with E-state index in [2.05, 4.69) is 19.2 Å². The number of carbonyl (C=O) groups is 2. The third kappa shape index (κ3) is 10.9. The Morgan fingerprint density at radius 3 is 2.42 bits per heavy atom. The maximum absolute atomic E-state index is 9.10. The zero-order chi connectivity index (χ0) is 18.5. The Morgan fingerprint density at radius 1 is 1.25 bits per heavy atom. The number of aliphatic carboxylic acids is 2. The van der Waals surface area contributed by atoms with Gasteiger partial charge in [0.1, 0.15) is 5.75 Å². The number of carboxylic acids is 2. The number of halogens is 1. The zero-order valence-electron chi connectivity index (χ0n) is 14.3. The monoisotopic (exact) mass is 359 g/mol. The molecule has 0 radical (unpaired) electrons. The third-order valence-corrected chi connectivity index (χ3v) is 3.52. The second kappa shape index (κ2) is 12.6. The van der Waals surface area contributed by atoms with E-state index in [0.717, 1.165) is 31.7 Å². The average Bonchev–Trinajstić information content (AvgIpc) is 2.54. The number of nitrogens with one attached hydrogen (secondary N) is 1. The van der Waals surface area contributed by atoms with Crippen LogP contribution < -0.4 is 10.1 Å². The van der Waals surface area contributed by atoms with Gasteiger partial charge in [-0.3, -0.25) is 0 Å². The van der Waals surface area contributed by atoms with Gasteiger partial charge in [-0.1, -0.05) is 24.6 Å². The minimum atomic E-state index is -1.82. The number of hydrogen-bond acceptors (Lipinski definition) is 4. The van der Waals surface area contributed by atoms with E-state index in [4.69, 9.17) is 36.1 Å². The third-order valence-electron chi connectivity index (χ3n) is 3.20. The molecule has 0 aliphatic rings. The van der Waals surface area contributed by atoms with Crippen LogP contribution in [0.1, 0.15) is 38.7 Å². The fourth-order valence-electron chi connectivity index (χ4n) is 1.62. The molecule has 1 atom stereocenters. The van der Waals surface area contributed by atoms with Crippen molar-refractivity contribution in [3.05, 3.63) is 28.8 Å². The van der Waals surface area contributed by atoms with Gasteiger partial charge >= 0.3 is 11.9 Å². The number of carboxylic acid groups (broad SMARTS) is 2.